The van der Waals surface area contributed by atoms with Crippen molar-refractivity contribution in [2.75, 3.05) is 12.0 Å². The second-order valence-corrected chi connectivity index (χ2v) is 3.07. The maximum Gasteiger partial charge on any atom is 0.227 e. The second kappa shape index (κ2) is 5.20. The summed E-state index contributed by atoms with van der Waals surface area (Å²) in [6.07, 6.45) is 3.55. The van der Waals surface area contributed by atoms with E-state index in [4.69, 9.17) is 4.74 Å². The van der Waals surface area contributed by atoms with Gasteiger partial charge in [0.05, 0.1) is 12.8 Å². The molecule has 0 aromatic heterocycles. The van der Waals surface area contributed by atoms with Gasteiger partial charge in [0.25, 0.3) is 0 Å². The third-order valence-corrected chi connectivity index (χ3v) is 1.97. The predicted octanol–water partition coefficient (Wildman–Crippen LogP) is 2.58. The number of carbonyl (C=O) groups is 1. The molecule has 0 saturated carbocycles. The third-order valence-electron chi connectivity index (χ3n) is 1.97. The molecule has 80 valence electrons. The summed E-state index contributed by atoms with van der Waals surface area (Å²) in [6.45, 7) is 3.40. The van der Waals surface area contributed by atoms with Gasteiger partial charge in [-0.1, -0.05) is 12.1 Å². The first-order valence-corrected chi connectivity index (χ1v) is 4.75. The zero-order valence-corrected chi connectivity index (χ0v) is 9.23. The van der Waals surface area contributed by atoms with Crippen molar-refractivity contribution in [1.29, 1.82) is 0 Å². The molecule has 0 unspecified atom stereocenters. The van der Waals surface area contributed by atoms with E-state index in [1.807, 2.05) is 37.3 Å². The van der Waals surface area contributed by atoms with Crippen LogP contribution in [0, 0.1) is 0 Å². The number of methoxy groups -OCH3 is 1. The maximum absolute atomic E-state index is 11.4. The molecular formula is C12H15NO2. The Bertz CT molecular complexity index is 372. The Morgan fingerprint density at radius 2 is 2.20 bits per heavy atom. The van der Waals surface area contributed by atoms with Crippen LogP contribution in [0.3, 0.4) is 0 Å². The van der Waals surface area contributed by atoms with Crippen molar-refractivity contribution in [3.8, 4) is 5.75 Å². The molecular weight excluding hydrogens is 190 g/mol. The van der Waals surface area contributed by atoms with Crippen LogP contribution in [0.25, 0.3) is 0 Å². The summed E-state index contributed by atoms with van der Waals surface area (Å²) in [5.41, 5.74) is 0.806. The van der Waals surface area contributed by atoms with Gasteiger partial charge in [0.2, 0.25) is 5.91 Å². The van der Waals surface area contributed by atoms with Gasteiger partial charge in [-0.05, 0) is 19.1 Å². The second-order valence-electron chi connectivity index (χ2n) is 3.07. The molecule has 1 aromatic rings. The lowest BCUT2D eigenvalue weighted by atomic mass is 10.2. The Hall–Kier alpha value is -1.77. The van der Waals surface area contributed by atoms with E-state index in [9.17, 15) is 4.79 Å². The van der Waals surface area contributed by atoms with Crippen LogP contribution < -0.4 is 9.64 Å². The molecule has 0 aliphatic rings. The summed E-state index contributed by atoms with van der Waals surface area (Å²) in [5, 5.41) is 0. The number of ether oxygens (including phenoxy) is 1. The van der Waals surface area contributed by atoms with Crippen LogP contribution in [0.1, 0.15) is 13.8 Å². The molecule has 1 rings (SSSR count). The summed E-state index contributed by atoms with van der Waals surface area (Å²) in [4.78, 5) is 12.9. The lowest BCUT2D eigenvalue weighted by Crippen LogP contribution is -2.21. The van der Waals surface area contributed by atoms with Gasteiger partial charge in [-0.3, -0.25) is 9.69 Å². The molecule has 15 heavy (non-hydrogen) atoms. The molecule has 0 aliphatic carbocycles. The molecule has 1 amide bonds. The fourth-order valence-corrected chi connectivity index (χ4v) is 1.28. The number of carbonyl (C=O) groups excluding carboxylic acids is 1. The number of allylic oxidation sites excluding steroid dienone is 1. The summed E-state index contributed by atoms with van der Waals surface area (Å²) in [7, 11) is 1.60. The number of hydrogen-bond acceptors (Lipinski definition) is 2. The highest BCUT2D eigenvalue weighted by Gasteiger charge is 2.07. The lowest BCUT2D eigenvalue weighted by molar-refractivity contribution is -0.116. The van der Waals surface area contributed by atoms with Crippen LogP contribution in [-0.4, -0.2) is 13.0 Å². The van der Waals surface area contributed by atoms with Gasteiger partial charge in [-0.15, -0.1) is 0 Å². The number of amides is 1. The molecule has 0 bridgehead atoms. The number of hydrogen-bond donors (Lipinski definition) is 0. The Morgan fingerprint density at radius 3 is 2.73 bits per heavy atom. The molecule has 0 heterocycles. The number of anilines is 1. The van der Waals surface area contributed by atoms with Crippen molar-refractivity contribution >= 4 is 11.6 Å². The fourth-order valence-electron chi connectivity index (χ4n) is 1.28. The van der Waals surface area contributed by atoms with Crippen LogP contribution in [0.4, 0.5) is 5.69 Å². The topological polar surface area (TPSA) is 29.5 Å². The van der Waals surface area contributed by atoms with Crippen LogP contribution in [0.15, 0.2) is 36.5 Å². The highest BCUT2D eigenvalue weighted by molar-refractivity contribution is 5.93. The van der Waals surface area contributed by atoms with Crippen molar-refractivity contribution in [2.45, 2.75) is 13.8 Å². The van der Waals surface area contributed by atoms with Gasteiger partial charge in [0, 0.05) is 19.2 Å². The average molecular weight is 205 g/mol. The van der Waals surface area contributed by atoms with E-state index in [2.05, 4.69) is 0 Å². The SMILES string of the molecule is C/C=C/N(C(C)=O)c1cccc(OC)c1. The number of benzene rings is 1. The summed E-state index contributed by atoms with van der Waals surface area (Å²) >= 11 is 0. The van der Waals surface area contributed by atoms with E-state index in [-0.39, 0.29) is 5.91 Å². The van der Waals surface area contributed by atoms with Gasteiger partial charge in [0.15, 0.2) is 0 Å². The fraction of sp³-hybridized carbons (Fsp3) is 0.250. The van der Waals surface area contributed by atoms with Crippen LogP contribution in [-0.2, 0) is 4.79 Å². The van der Waals surface area contributed by atoms with E-state index < -0.39 is 0 Å². The van der Waals surface area contributed by atoms with E-state index in [0.717, 1.165) is 11.4 Å². The first-order valence-electron chi connectivity index (χ1n) is 4.75. The molecule has 3 nitrogen and oxygen atoms in total. The Balaban J connectivity index is 3.05. The van der Waals surface area contributed by atoms with Crippen molar-refractivity contribution in [2.24, 2.45) is 0 Å². The predicted molar refractivity (Wildman–Crippen MR) is 61.0 cm³/mol. The molecule has 0 fully saturated rings. The van der Waals surface area contributed by atoms with E-state index in [0.29, 0.717) is 0 Å². The maximum atomic E-state index is 11.4. The zero-order chi connectivity index (χ0) is 11.3. The number of nitrogens with zero attached hydrogens (tertiary/aromatic N) is 1. The third kappa shape index (κ3) is 2.84. The first kappa shape index (κ1) is 11.3. The largest absolute Gasteiger partial charge is 0.497 e. The molecule has 0 atom stereocenters. The Labute approximate surface area is 90.0 Å². The minimum Gasteiger partial charge on any atom is -0.497 e. The Morgan fingerprint density at radius 1 is 1.47 bits per heavy atom. The summed E-state index contributed by atoms with van der Waals surface area (Å²) in [6, 6.07) is 7.39. The Kier molecular flexibility index (Phi) is 3.92. The molecule has 1 aromatic carbocycles. The van der Waals surface area contributed by atoms with Crippen LogP contribution >= 0.6 is 0 Å². The molecule has 0 aliphatic heterocycles. The molecule has 0 radical (unpaired) electrons. The van der Waals surface area contributed by atoms with Crippen molar-refractivity contribution < 1.29 is 9.53 Å². The van der Waals surface area contributed by atoms with Gasteiger partial charge >= 0.3 is 0 Å². The molecule has 3 heteroatoms. The van der Waals surface area contributed by atoms with Crippen LogP contribution in [0.5, 0.6) is 5.75 Å². The normalized spacial score (nSPS) is 10.3. The van der Waals surface area contributed by atoms with E-state index >= 15 is 0 Å². The smallest absolute Gasteiger partial charge is 0.227 e. The van der Waals surface area contributed by atoms with E-state index in [1.54, 1.807) is 18.2 Å². The standard InChI is InChI=1S/C12H15NO2/c1-4-8-13(10(2)14)11-6-5-7-12(9-11)15-3/h4-9H,1-3H3/b8-4+. The zero-order valence-electron chi connectivity index (χ0n) is 9.23. The van der Waals surface area contributed by atoms with Gasteiger partial charge in [-0.25, -0.2) is 0 Å². The monoisotopic (exact) mass is 205 g/mol. The van der Waals surface area contributed by atoms with Crippen molar-refractivity contribution in [3.05, 3.63) is 36.5 Å². The first-order chi connectivity index (χ1) is 7.19. The van der Waals surface area contributed by atoms with Crippen molar-refractivity contribution in [1.82, 2.24) is 0 Å². The average Bonchev–Trinajstić information content (AvgIpc) is 2.25. The van der Waals surface area contributed by atoms with Gasteiger partial charge in [0.1, 0.15) is 5.75 Å². The number of rotatable bonds is 3. The minimum absolute atomic E-state index is 0.0265. The quantitative estimate of drug-likeness (QED) is 0.759. The minimum atomic E-state index is -0.0265. The summed E-state index contributed by atoms with van der Waals surface area (Å²) in [5.74, 6) is 0.713. The van der Waals surface area contributed by atoms with Crippen LogP contribution in [0.2, 0.25) is 0 Å². The summed E-state index contributed by atoms with van der Waals surface area (Å²) < 4.78 is 5.10. The lowest BCUT2D eigenvalue weighted by Gasteiger charge is -2.16. The van der Waals surface area contributed by atoms with Gasteiger partial charge < -0.3 is 4.74 Å². The molecule has 0 spiro atoms. The highest BCUT2D eigenvalue weighted by Crippen LogP contribution is 2.21. The molecule has 0 N–H and O–H groups in total. The van der Waals surface area contributed by atoms with E-state index in [1.165, 1.54) is 6.92 Å². The van der Waals surface area contributed by atoms with Gasteiger partial charge in [-0.2, -0.15) is 0 Å². The molecule has 0 saturated heterocycles. The van der Waals surface area contributed by atoms with Crippen molar-refractivity contribution in [3.63, 3.8) is 0 Å². The highest BCUT2D eigenvalue weighted by atomic mass is 16.5.